The first-order valence-corrected chi connectivity index (χ1v) is 6.16. The third kappa shape index (κ3) is 3.17. The summed E-state index contributed by atoms with van der Waals surface area (Å²) in [5.74, 6) is -1.77. The van der Waals surface area contributed by atoms with Gasteiger partial charge in [-0.3, -0.25) is 4.79 Å². The summed E-state index contributed by atoms with van der Waals surface area (Å²) in [7, 11) is 0. The van der Waals surface area contributed by atoms with Gasteiger partial charge in [-0.2, -0.15) is 0 Å². The maximum absolute atomic E-state index is 13.6. The summed E-state index contributed by atoms with van der Waals surface area (Å²) in [6.45, 7) is 1.66. The van der Waals surface area contributed by atoms with E-state index in [2.05, 4.69) is 5.32 Å². The average molecular weight is 266 g/mol. The van der Waals surface area contributed by atoms with E-state index in [-0.39, 0.29) is 23.4 Å². The van der Waals surface area contributed by atoms with Crippen LogP contribution in [-0.2, 0) is 4.79 Å². The first-order valence-electron chi connectivity index (χ1n) is 6.16. The highest BCUT2D eigenvalue weighted by atomic mass is 19.1. The second-order valence-corrected chi connectivity index (χ2v) is 4.79. The van der Waals surface area contributed by atoms with E-state index < -0.39 is 17.7 Å². The monoisotopic (exact) mass is 266 g/mol. The van der Waals surface area contributed by atoms with E-state index in [0.717, 1.165) is 6.07 Å². The van der Waals surface area contributed by atoms with Gasteiger partial charge in [0, 0.05) is 17.7 Å². The molecule has 102 valence electrons. The number of hydrogen-bond donors (Lipinski definition) is 2. The highest BCUT2D eigenvalue weighted by Crippen LogP contribution is 2.21. The predicted octanol–water partition coefficient (Wildman–Crippen LogP) is 2.05. The van der Waals surface area contributed by atoms with E-state index in [0.29, 0.717) is 6.42 Å². The van der Waals surface area contributed by atoms with Gasteiger partial charge in [-0.25, -0.2) is 8.78 Å². The van der Waals surface area contributed by atoms with Crippen LogP contribution in [0.4, 0.5) is 8.78 Å². The van der Waals surface area contributed by atoms with Crippen LogP contribution in [0.3, 0.4) is 0 Å². The van der Waals surface area contributed by atoms with Crippen LogP contribution < -0.4 is 11.1 Å². The maximum atomic E-state index is 13.6. The van der Waals surface area contributed by atoms with E-state index in [9.17, 15) is 13.6 Å². The third-order valence-electron chi connectivity index (χ3n) is 3.24. The number of rotatable bonds is 3. The van der Waals surface area contributed by atoms with Gasteiger partial charge in [0.15, 0.2) is 0 Å². The smallest absolute Gasteiger partial charge is 0.227 e. The zero-order chi connectivity index (χ0) is 14.0. The number of amides is 1. The lowest BCUT2D eigenvalue weighted by Gasteiger charge is -2.17. The van der Waals surface area contributed by atoms with Gasteiger partial charge >= 0.3 is 0 Å². The molecule has 0 saturated heterocycles. The minimum Gasteiger partial charge on any atom is -0.349 e. The van der Waals surface area contributed by atoms with E-state index >= 15 is 0 Å². The molecule has 0 spiro atoms. The molecule has 2 rings (SSSR count). The van der Waals surface area contributed by atoms with Gasteiger partial charge < -0.3 is 11.1 Å². The molecule has 1 aromatic rings. The Bertz CT molecular complexity index is 516. The molecular weight excluding hydrogens is 250 g/mol. The molecule has 0 bridgehead atoms. The number of nitrogens with one attached hydrogen (secondary N) is 1. The Morgan fingerprint density at radius 1 is 1.42 bits per heavy atom. The normalized spacial score (nSPS) is 23.4. The van der Waals surface area contributed by atoms with E-state index in [1.54, 1.807) is 19.1 Å². The van der Waals surface area contributed by atoms with Crippen LogP contribution >= 0.6 is 0 Å². The molecule has 0 radical (unpaired) electrons. The molecule has 0 saturated carbocycles. The summed E-state index contributed by atoms with van der Waals surface area (Å²) in [5.41, 5.74) is 5.94. The summed E-state index contributed by atoms with van der Waals surface area (Å²) in [6, 6.07) is 2.70. The van der Waals surface area contributed by atoms with Crippen LogP contribution in [0.1, 0.15) is 24.9 Å². The second kappa shape index (κ2) is 5.48. The second-order valence-electron chi connectivity index (χ2n) is 4.79. The lowest BCUT2D eigenvalue weighted by molar-refractivity contribution is -0.124. The van der Waals surface area contributed by atoms with Gasteiger partial charge in [0.25, 0.3) is 0 Å². The molecule has 1 aliphatic rings. The minimum absolute atomic E-state index is 0.103. The molecule has 3 nitrogen and oxygen atoms in total. The van der Waals surface area contributed by atoms with Crippen LogP contribution in [0.15, 0.2) is 30.4 Å². The van der Waals surface area contributed by atoms with Gasteiger partial charge in [-0.1, -0.05) is 18.2 Å². The summed E-state index contributed by atoms with van der Waals surface area (Å²) in [4.78, 5) is 11.9. The molecule has 0 aliphatic heterocycles. The van der Waals surface area contributed by atoms with Gasteiger partial charge in [0.2, 0.25) is 5.91 Å². The molecule has 1 amide bonds. The third-order valence-corrected chi connectivity index (χ3v) is 3.24. The standard InChI is InChI=1S/C14H16F2N2O/c1-8(12-5-3-10(15)7-13(12)16)18-14(19)9-2-4-11(17)6-9/h2-5,7-9,11H,6,17H2,1H3,(H,18,19). The SMILES string of the molecule is CC(NC(=O)C1C=CC(N)C1)c1ccc(F)cc1F. The molecule has 5 heteroatoms. The van der Waals surface area contributed by atoms with Crippen molar-refractivity contribution in [3.63, 3.8) is 0 Å². The zero-order valence-electron chi connectivity index (χ0n) is 10.6. The topological polar surface area (TPSA) is 55.1 Å². The molecule has 3 unspecified atom stereocenters. The minimum atomic E-state index is -0.661. The van der Waals surface area contributed by atoms with Gasteiger partial charge in [0.1, 0.15) is 11.6 Å². The van der Waals surface area contributed by atoms with Crippen molar-refractivity contribution in [1.29, 1.82) is 0 Å². The quantitative estimate of drug-likeness (QED) is 0.823. The van der Waals surface area contributed by atoms with Crippen molar-refractivity contribution >= 4 is 5.91 Å². The van der Waals surface area contributed by atoms with Crippen molar-refractivity contribution < 1.29 is 13.6 Å². The van der Waals surface area contributed by atoms with Crippen LogP contribution in [0.25, 0.3) is 0 Å². The highest BCUT2D eigenvalue weighted by Gasteiger charge is 2.24. The summed E-state index contributed by atoms with van der Waals surface area (Å²) in [5, 5.41) is 2.71. The summed E-state index contributed by atoms with van der Waals surface area (Å²) >= 11 is 0. The van der Waals surface area contributed by atoms with E-state index in [1.165, 1.54) is 12.1 Å². The number of carbonyl (C=O) groups is 1. The number of benzene rings is 1. The molecule has 1 aliphatic carbocycles. The lowest BCUT2D eigenvalue weighted by atomic mass is 10.0. The van der Waals surface area contributed by atoms with Crippen molar-refractivity contribution in [2.75, 3.05) is 0 Å². The first kappa shape index (κ1) is 13.7. The van der Waals surface area contributed by atoms with Crippen molar-refractivity contribution in [3.05, 3.63) is 47.5 Å². The zero-order valence-corrected chi connectivity index (χ0v) is 10.6. The average Bonchev–Trinajstić information content (AvgIpc) is 2.75. The molecular formula is C14H16F2N2O. The van der Waals surface area contributed by atoms with E-state index in [4.69, 9.17) is 5.73 Å². The van der Waals surface area contributed by atoms with Crippen LogP contribution in [0, 0.1) is 17.6 Å². The van der Waals surface area contributed by atoms with Crippen molar-refractivity contribution in [2.24, 2.45) is 11.7 Å². The Morgan fingerprint density at radius 3 is 2.74 bits per heavy atom. The fraction of sp³-hybridized carbons (Fsp3) is 0.357. The van der Waals surface area contributed by atoms with Crippen LogP contribution in [0.2, 0.25) is 0 Å². The van der Waals surface area contributed by atoms with Gasteiger partial charge in [-0.15, -0.1) is 0 Å². The fourth-order valence-electron chi connectivity index (χ4n) is 2.17. The van der Waals surface area contributed by atoms with Gasteiger partial charge in [-0.05, 0) is 19.4 Å². The van der Waals surface area contributed by atoms with Crippen LogP contribution in [-0.4, -0.2) is 11.9 Å². The number of halogens is 2. The summed E-state index contributed by atoms with van der Waals surface area (Å²) in [6.07, 6.45) is 4.10. The first-order chi connectivity index (χ1) is 8.97. The highest BCUT2D eigenvalue weighted by molar-refractivity contribution is 5.81. The largest absolute Gasteiger partial charge is 0.349 e. The molecule has 0 aromatic heterocycles. The Morgan fingerprint density at radius 2 is 2.16 bits per heavy atom. The van der Waals surface area contributed by atoms with E-state index in [1.807, 2.05) is 0 Å². The Kier molecular flexibility index (Phi) is 3.95. The Hall–Kier alpha value is -1.75. The van der Waals surface area contributed by atoms with Gasteiger partial charge in [0.05, 0.1) is 12.0 Å². The number of hydrogen-bond acceptors (Lipinski definition) is 2. The van der Waals surface area contributed by atoms with Crippen molar-refractivity contribution in [3.8, 4) is 0 Å². The van der Waals surface area contributed by atoms with Crippen LogP contribution in [0.5, 0.6) is 0 Å². The summed E-state index contributed by atoms with van der Waals surface area (Å²) < 4.78 is 26.4. The number of carbonyl (C=O) groups excluding carboxylic acids is 1. The maximum Gasteiger partial charge on any atom is 0.227 e. The predicted molar refractivity (Wildman–Crippen MR) is 68.1 cm³/mol. The Labute approximate surface area is 110 Å². The molecule has 3 atom stereocenters. The van der Waals surface area contributed by atoms with Crippen molar-refractivity contribution in [1.82, 2.24) is 5.32 Å². The Balaban J connectivity index is 2.02. The molecule has 1 aromatic carbocycles. The number of nitrogens with two attached hydrogens (primary N) is 1. The lowest BCUT2D eigenvalue weighted by Crippen LogP contribution is -2.33. The molecule has 0 fully saturated rings. The molecule has 19 heavy (non-hydrogen) atoms. The molecule has 3 N–H and O–H groups in total. The van der Waals surface area contributed by atoms with Crippen molar-refractivity contribution in [2.45, 2.75) is 25.4 Å². The molecule has 0 heterocycles. The fourth-order valence-corrected chi connectivity index (χ4v) is 2.17.